The van der Waals surface area contributed by atoms with Crippen molar-refractivity contribution >= 4 is 35.1 Å². The standard InChI is InChI=1S/C33H25F3N4O5S2/c1-4-44-30(42)27-18(2)37-32-40(28(27)21-12-8-9-13-23(21)43-3)29(41)24(46-32)16-20-14-15-26(45-20)47-31-38-22(19-10-6-5-7-11-19)17-25(39-31)33(34,35)36/h5-17,28H,4H2,1-3H3/b24-16+/t28-/m1/s1. The Morgan fingerprint density at radius 2 is 1.83 bits per heavy atom. The molecule has 3 aromatic heterocycles. The third kappa shape index (κ3) is 6.51. The number of alkyl halides is 3. The second kappa shape index (κ2) is 13.0. The molecule has 2 aromatic carbocycles. The van der Waals surface area contributed by atoms with E-state index in [1.54, 1.807) is 80.6 Å². The van der Waals surface area contributed by atoms with Crippen molar-refractivity contribution in [2.45, 2.75) is 36.3 Å². The van der Waals surface area contributed by atoms with Gasteiger partial charge in [0.2, 0.25) is 0 Å². The fraction of sp³-hybridized carbons (Fsp3) is 0.182. The van der Waals surface area contributed by atoms with Gasteiger partial charge in [-0.2, -0.15) is 13.2 Å². The summed E-state index contributed by atoms with van der Waals surface area (Å²) in [6.07, 6.45) is -3.17. The van der Waals surface area contributed by atoms with Crippen molar-refractivity contribution in [3.8, 4) is 17.0 Å². The Bertz CT molecular complexity index is 2190. The smallest absolute Gasteiger partial charge is 0.433 e. The van der Waals surface area contributed by atoms with Gasteiger partial charge in [-0.3, -0.25) is 9.36 Å². The topological polar surface area (TPSA) is 109 Å². The summed E-state index contributed by atoms with van der Waals surface area (Å²) < 4.78 is 59.5. The minimum Gasteiger partial charge on any atom is -0.496 e. The molecule has 0 bridgehead atoms. The number of hydrogen-bond acceptors (Lipinski definition) is 10. The molecular formula is C33H25F3N4O5S2. The highest BCUT2D eigenvalue weighted by molar-refractivity contribution is 7.99. The third-order valence-corrected chi connectivity index (χ3v) is 8.85. The lowest BCUT2D eigenvalue weighted by atomic mass is 9.95. The summed E-state index contributed by atoms with van der Waals surface area (Å²) in [5.41, 5.74) is 0.299. The van der Waals surface area contributed by atoms with Crippen LogP contribution in [-0.4, -0.2) is 34.2 Å². The number of ether oxygens (including phenoxy) is 2. The number of fused-ring (bicyclic) bond motifs is 1. The van der Waals surface area contributed by atoms with Crippen molar-refractivity contribution in [3.05, 3.63) is 121 Å². The molecule has 14 heteroatoms. The van der Waals surface area contributed by atoms with Crippen LogP contribution in [0.5, 0.6) is 5.75 Å². The highest BCUT2D eigenvalue weighted by Gasteiger charge is 2.36. The number of para-hydroxylation sites is 1. The van der Waals surface area contributed by atoms with Crippen molar-refractivity contribution in [2.24, 2.45) is 4.99 Å². The third-order valence-electron chi connectivity index (χ3n) is 7.08. The molecule has 0 fully saturated rings. The number of rotatable bonds is 8. The first-order valence-corrected chi connectivity index (χ1v) is 15.8. The van der Waals surface area contributed by atoms with Gasteiger partial charge in [-0.25, -0.2) is 19.8 Å². The first kappa shape index (κ1) is 32.0. The molecule has 0 saturated heterocycles. The van der Waals surface area contributed by atoms with E-state index >= 15 is 0 Å². The maximum absolute atomic E-state index is 13.9. The molecule has 0 unspecified atom stereocenters. The lowest BCUT2D eigenvalue weighted by molar-refractivity contribution is -0.141. The van der Waals surface area contributed by atoms with Crippen LogP contribution in [0.3, 0.4) is 0 Å². The lowest BCUT2D eigenvalue weighted by Gasteiger charge is -2.25. The summed E-state index contributed by atoms with van der Waals surface area (Å²) in [5.74, 6) is 0.144. The van der Waals surface area contributed by atoms with E-state index in [0.29, 0.717) is 27.4 Å². The second-order valence-electron chi connectivity index (χ2n) is 10.1. The van der Waals surface area contributed by atoms with Gasteiger partial charge in [0.05, 0.1) is 35.2 Å². The number of hydrogen-bond donors (Lipinski definition) is 0. The monoisotopic (exact) mass is 678 g/mol. The number of benzene rings is 2. The van der Waals surface area contributed by atoms with Gasteiger partial charge in [-0.1, -0.05) is 59.9 Å². The molecule has 0 spiro atoms. The van der Waals surface area contributed by atoms with Crippen LogP contribution >= 0.6 is 23.1 Å². The van der Waals surface area contributed by atoms with E-state index in [0.717, 1.165) is 29.2 Å². The van der Waals surface area contributed by atoms with E-state index < -0.39 is 29.4 Å². The Kier molecular flexibility index (Phi) is 8.88. The Hall–Kier alpha value is -4.95. The molecule has 0 saturated carbocycles. The number of carbonyl (C=O) groups excluding carboxylic acids is 1. The zero-order valence-corrected chi connectivity index (χ0v) is 26.7. The molecule has 240 valence electrons. The Labute approximate surface area is 273 Å². The molecule has 0 radical (unpaired) electrons. The molecule has 0 aliphatic carbocycles. The van der Waals surface area contributed by atoms with Gasteiger partial charge in [0.15, 0.2) is 15.1 Å². The number of thiazole rings is 1. The van der Waals surface area contributed by atoms with Crippen LogP contribution in [0.4, 0.5) is 13.2 Å². The summed E-state index contributed by atoms with van der Waals surface area (Å²) in [6, 6.07) is 18.7. The summed E-state index contributed by atoms with van der Waals surface area (Å²) >= 11 is 1.92. The summed E-state index contributed by atoms with van der Waals surface area (Å²) in [5, 5.41) is 0.0624. The minimum atomic E-state index is -4.68. The van der Waals surface area contributed by atoms with Crippen molar-refractivity contribution in [1.29, 1.82) is 0 Å². The molecule has 5 aromatic rings. The van der Waals surface area contributed by atoms with Gasteiger partial charge >= 0.3 is 12.1 Å². The Morgan fingerprint density at radius 3 is 2.55 bits per heavy atom. The molecule has 6 rings (SSSR count). The summed E-state index contributed by atoms with van der Waals surface area (Å²) in [7, 11) is 1.50. The van der Waals surface area contributed by atoms with Gasteiger partial charge in [0.25, 0.3) is 5.56 Å². The van der Waals surface area contributed by atoms with Gasteiger partial charge in [0, 0.05) is 17.2 Å². The Morgan fingerprint density at radius 1 is 1.09 bits per heavy atom. The van der Waals surface area contributed by atoms with Gasteiger partial charge in [-0.15, -0.1) is 0 Å². The fourth-order valence-electron chi connectivity index (χ4n) is 5.04. The largest absolute Gasteiger partial charge is 0.496 e. The van der Waals surface area contributed by atoms with Gasteiger partial charge < -0.3 is 13.9 Å². The maximum atomic E-state index is 13.9. The predicted octanol–water partition coefficient (Wildman–Crippen LogP) is 6.03. The van der Waals surface area contributed by atoms with Crippen molar-refractivity contribution in [1.82, 2.24) is 14.5 Å². The highest BCUT2D eigenvalue weighted by atomic mass is 32.2. The van der Waals surface area contributed by atoms with E-state index in [4.69, 9.17) is 13.9 Å². The average molecular weight is 679 g/mol. The van der Waals surface area contributed by atoms with Crippen LogP contribution in [0.2, 0.25) is 0 Å². The quantitative estimate of drug-likeness (QED) is 0.145. The normalized spacial score (nSPS) is 14.9. The molecule has 1 atom stereocenters. The number of methoxy groups -OCH3 is 1. The van der Waals surface area contributed by atoms with Crippen molar-refractivity contribution in [3.63, 3.8) is 0 Å². The summed E-state index contributed by atoms with van der Waals surface area (Å²) in [6.45, 7) is 3.51. The number of esters is 1. The van der Waals surface area contributed by atoms with Crippen LogP contribution in [0, 0.1) is 0 Å². The zero-order valence-electron chi connectivity index (χ0n) is 25.1. The van der Waals surface area contributed by atoms with E-state index in [2.05, 4.69) is 15.0 Å². The second-order valence-corrected chi connectivity index (χ2v) is 12.1. The Balaban J connectivity index is 1.39. The number of halogens is 3. The average Bonchev–Trinajstić information content (AvgIpc) is 3.62. The molecule has 9 nitrogen and oxygen atoms in total. The highest BCUT2D eigenvalue weighted by Crippen LogP contribution is 2.36. The van der Waals surface area contributed by atoms with Crippen molar-refractivity contribution in [2.75, 3.05) is 13.7 Å². The molecule has 47 heavy (non-hydrogen) atoms. The lowest BCUT2D eigenvalue weighted by Crippen LogP contribution is -2.40. The van der Waals surface area contributed by atoms with Gasteiger partial charge in [-0.05, 0) is 49.9 Å². The number of nitrogens with zero attached hydrogens (tertiary/aromatic N) is 4. The van der Waals surface area contributed by atoms with Crippen LogP contribution in [0.25, 0.3) is 17.3 Å². The van der Waals surface area contributed by atoms with Gasteiger partial charge in [0.1, 0.15) is 23.2 Å². The zero-order chi connectivity index (χ0) is 33.3. The van der Waals surface area contributed by atoms with Crippen LogP contribution in [-0.2, 0) is 15.7 Å². The molecule has 0 N–H and O–H groups in total. The number of carbonyl (C=O) groups is 1. The first-order valence-electron chi connectivity index (χ1n) is 14.2. The molecule has 1 aliphatic rings. The summed E-state index contributed by atoms with van der Waals surface area (Å²) in [4.78, 5) is 40.0. The first-order chi connectivity index (χ1) is 22.6. The number of allylic oxidation sites excluding steroid dienone is 1. The van der Waals surface area contributed by atoms with E-state index in [-0.39, 0.29) is 38.4 Å². The molecule has 4 heterocycles. The fourth-order valence-corrected chi connectivity index (χ4v) is 6.81. The molecule has 1 aliphatic heterocycles. The number of aromatic nitrogens is 3. The minimum absolute atomic E-state index is 0.116. The predicted molar refractivity (Wildman–Crippen MR) is 169 cm³/mol. The van der Waals surface area contributed by atoms with E-state index in [9.17, 15) is 22.8 Å². The number of furan rings is 1. The van der Waals surface area contributed by atoms with Crippen LogP contribution in [0.15, 0.2) is 109 Å². The SMILES string of the molecule is CCOC(=O)C1=C(C)N=c2s/c(=C/c3ccc(Sc4nc(-c5ccccc5)cc(C(F)(F)F)n4)o3)c(=O)n2[C@@H]1c1ccccc1OC. The van der Waals surface area contributed by atoms with E-state index in [1.807, 2.05) is 0 Å². The van der Waals surface area contributed by atoms with Crippen LogP contribution in [0.1, 0.15) is 36.9 Å². The maximum Gasteiger partial charge on any atom is 0.433 e. The molecule has 0 amide bonds. The van der Waals surface area contributed by atoms with Crippen LogP contribution < -0.4 is 19.6 Å². The van der Waals surface area contributed by atoms with Crippen molar-refractivity contribution < 1.29 is 31.9 Å². The molecular weight excluding hydrogens is 654 g/mol. The van der Waals surface area contributed by atoms with E-state index in [1.165, 1.54) is 17.8 Å².